The Hall–Kier alpha value is -3.68. The number of nitrogens with one attached hydrogen (secondary N) is 2. The van der Waals surface area contributed by atoms with Crippen molar-refractivity contribution in [1.29, 1.82) is 0 Å². The lowest BCUT2D eigenvalue weighted by atomic mass is 9.91. The number of anilines is 2. The van der Waals surface area contributed by atoms with Crippen LogP contribution in [0.1, 0.15) is 89.9 Å². The summed E-state index contributed by atoms with van der Waals surface area (Å²) in [5.41, 5.74) is 14.3. The summed E-state index contributed by atoms with van der Waals surface area (Å²) in [7, 11) is 0. The predicted molar refractivity (Wildman–Crippen MR) is 179 cm³/mol. The highest BCUT2D eigenvalue weighted by Crippen LogP contribution is 2.25. The summed E-state index contributed by atoms with van der Waals surface area (Å²) >= 11 is 0. The monoisotopic (exact) mass is 662 g/mol. The molecule has 0 aliphatic heterocycles. The van der Waals surface area contributed by atoms with E-state index in [1.807, 2.05) is 0 Å². The standard InChI is InChI=1S/C16H24FN3O2.C16H22FN3O2.C2H6O/c2*1-2-22-16(21)8-7-14-15(9-11(17)10-19-14)20-13-5-3-12(18)4-6-13;1-2-3/h9-10,12-13,20H,2-8,18H2,1H3;7-10,12-13,20H,2-6,18H2,1H3;3H,2H2,1H3/b;8-7+;. The first-order valence-corrected chi connectivity index (χ1v) is 16.5. The maximum atomic E-state index is 13.5. The maximum Gasteiger partial charge on any atom is 0.330 e. The highest BCUT2D eigenvalue weighted by molar-refractivity contribution is 5.87. The first kappa shape index (κ1) is 39.5. The molecule has 47 heavy (non-hydrogen) atoms. The third-order valence-electron chi connectivity index (χ3n) is 7.62. The predicted octanol–water partition coefficient (Wildman–Crippen LogP) is 4.88. The molecule has 0 amide bonds. The zero-order valence-corrected chi connectivity index (χ0v) is 27.9. The summed E-state index contributed by atoms with van der Waals surface area (Å²) in [5.74, 6) is -1.50. The smallest absolute Gasteiger partial charge is 0.330 e. The van der Waals surface area contributed by atoms with E-state index in [4.69, 9.17) is 26.0 Å². The highest BCUT2D eigenvalue weighted by Gasteiger charge is 2.21. The molecule has 2 aliphatic rings. The van der Waals surface area contributed by atoms with Crippen molar-refractivity contribution in [3.8, 4) is 0 Å². The minimum Gasteiger partial charge on any atom is -0.466 e. The Morgan fingerprint density at radius 2 is 1.34 bits per heavy atom. The van der Waals surface area contributed by atoms with Gasteiger partial charge in [0.25, 0.3) is 0 Å². The molecule has 2 fully saturated rings. The van der Waals surface area contributed by atoms with Crippen LogP contribution in [-0.2, 0) is 25.5 Å². The van der Waals surface area contributed by atoms with E-state index in [0.717, 1.165) is 57.6 Å². The average molecular weight is 663 g/mol. The SMILES string of the molecule is CCO.CCOC(=O)/C=C/c1ncc(F)cc1NC1CCC(N)CC1.CCOC(=O)CCc1ncc(F)cc1NC1CCC(N)CC1. The van der Waals surface area contributed by atoms with E-state index in [9.17, 15) is 18.4 Å². The Labute approximate surface area is 276 Å². The van der Waals surface area contributed by atoms with Gasteiger partial charge >= 0.3 is 11.9 Å². The molecule has 2 aromatic rings. The average Bonchev–Trinajstić information content (AvgIpc) is 3.03. The van der Waals surface area contributed by atoms with E-state index >= 15 is 0 Å². The van der Waals surface area contributed by atoms with Gasteiger partial charge in [-0.25, -0.2) is 13.6 Å². The van der Waals surface area contributed by atoms with Crippen molar-refractivity contribution in [2.45, 2.75) is 109 Å². The van der Waals surface area contributed by atoms with Gasteiger partial charge in [0, 0.05) is 55.4 Å². The van der Waals surface area contributed by atoms with Crippen LogP contribution < -0.4 is 22.1 Å². The third kappa shape index (κ3) is 15.6. The van der Waals surface area contributed by atoms with Crippen LogP contribution >= 0.6 is 0 Å². The van der Waals surface area contributed by atoms with Gasteiger partial charge < -0.3 is 36.7 Å². The van der Waals surface area contributed by atoms with Gasteiger partial charge in [0.05, 0.1) is 54.8 Å². The van der Waals surface area contributed by atoms with Crippen molar-refractivity contribution in [3.63, 3.8) is 0 Å². The summed E-state index contributed by atoms with van der Waals surface area (Å²) in [5, 5.41) is 14.2. The summed E-state index contributed by atoms with van der Waals surface area (Å²) in [6, 6.07) is 3.90. The lowest BCUT2D eigenvalue weighted by molar-refractivity contribution is -0.143. The second kappa shape index (κ2) is 22.0. The fourth-order valence-electron chi connectivity index (χ4n) is 5.25. The third-order valence-corrected chi connectivity index (χ3v) is 7.62. The Balaban J connectivity index is 0.000000302. The molecule has 0 atom stereocenters. The zero-order chi connectivity index (χ0) is 34.6. The van der Waals surface area contributed by atoms with Crippen molar-refractivity contribution in [2.24, 2.45) is 11.5 Å². The van der Waals surface area contributed by atoms with E-state index in [-0.39, 0.29) is 49.0 Å². The zero-order valence-electron chi connectivity index (χ0n) is 27.9. The number of hydrogen-bond acceptors (Lipinski definition) is 11. The Morgan fingerprint density at radius 1 is 0.851 bits per heavy atom. The highest BCUT2D eigenvalue weighted by atomic mass is 19.1. The molecule has 2 saturated carbocycles. The number of esters is 2. The van der Waals surface area contributed by atoms with Crippen molar-refractivity contribution in [1.82, 2.24) is 9.97 Å². The molecule has 262 valence electrons. The number of aliphatic hydroxyl groups excluding tert-OH is 1. The second-order valence-electron chi connectivity index (χ2n) is 11.5. The summed E-state index contributed by atoms with van der Waals surface area (Å²) < 4.78 is 36.7. The molecule has 7 N–H and O–H groups in total. The van der Waals surface area contributed by atoms with Gasteiger partial charge in [0.15, 0.2) is 0 Å². The van der Waals surface area contributed by atoms with E-state index in [1.165, 1.54) is 30.5 Å². The molecule has 0 spiro atoms. The minimum absolute atomic E-state index is 0.247. The molecule has 2 heterocycles. The molecular weight excluding hydrogens is 610 g/mol. The van der Waals surface area contributed by atoms with Crippen LogP contribution in [0.25, 0.3) is 6.08 Å². The number of hydrogen-bond donors (Lipinski definition) is 5. The Kier molecular flexibility index (Phi) is 18.5. The van der Waals surface area contributed by atoms with E-state index in [0.29, 0.717) is 42.4 Å². The Bertz CT molecular complexity index is 1250. The number of carbonyl (C=O) groups excluding carboxylic acids is 2. The van der Waals surface area contributed by atoms with Crippen LogP contribution in [0, 0.1) is 11.6 Å². The number of nitrogens with two attached hydrogens (primary N) is 2. The molecular formula is C34H52F2N6O5. The van der Waals surface area contributed by atoms with Crippen LogP contribution in [0.4, 0.5) is 20.2 Å². The van der Waals surface area contributed by atoms with Crippen LogP contribution in [0.15, 0.2) is 30.6 Å². The lowest BCUT2D eigenvalue weighted by Crippen LogP contribution is -2.33. The van der Waals surface area contributed by atoms with Crippen molar-refractivity contribution < 1.29 is 33.0 Å². The van der Waals surface area contributed by atoms with Gasteiger partial charge in [-0.1, -0.05) is 0 Å². The second-order valence-corrected chi connectivity index (χ2v) is 11.5. The number of aliphatic hydroxyl groups is 1. The van der Waals surface area contributed by atoms with Gasteiger partial charge in [-0.3, -0.25) is 14.8 Å². The van der Waals surface area contributed by atoms with Gasteiger partial charge in [-0.15, -0.1) is 0 Å². The van der Waals surface area contributed by atoms with Crippen LogP contribution in [0.3, 0.4) is 0 Å². The van der Waals surface area contributed by atoms with E-state index in [1.54, 1.807) is 20.8 Å². The first-order chi connectivity index (χ1) is 22.6. The number of rotatable bonds is 11. The Morgan fingerprint density at radius 3 is 1.87 bits per heavy atom. The quantitative estimate of drug-likeness (QED) is 0.164. The largest absolute Gasteiger partial charge is 0.466 e. The number of nitrogens with zero attached hydrogens (tertiary/aromatic N) is 2. The van der Waals surface area contributed by atoms with Crippen molar-refractivity contribution >= 4 is 29.4 Å². The number of ether oxygens (including phenoxy) is 2. The van der Waals surface area contributed by atoms with Crippen LogP contribution in [0.2, 0.25) is 0 Å². The number of pyridine rings is 2. The van der Waals surface area contributed by atoms with Gasteiger partial charge in [0.1, 0.15) is 11.6 Å². The fraction of sp³-hybridized carbons (Fsp3) is 0.588. The molecule has 13 heteroatoms. The summed E-state index contributed by atoms with van der Waals surface area (Å²) in [6.07, 6.45) is 13.5. The van der Waals surface area contributed by atoms with Gasteiger partial charge in [-0.2, -0.15) is 0 Å². The first-order valence-electron chi connectivity index (χ1n) is 16.5. The topological polar surface area (TPSA) is 175 Å². The number of carbonyl (C=O) groups is 2. The summed E-state index contributed by atoms with van der Waals surface area (Å²) in [6.45, 7) is 6.12. The lowest BCUT2D eigenvalue weighted by Gasteiger charge is -2.28. The summed E-state index contributed by atoms with van der Waals surface area (Å²) in [4.78, 5) is 31.0. The van der Waals surface area contributed by atoms with Crippen LogP contribution in [0.5, 0.6) is 0 Å². The number of aromatic nitrogens is 2. The van der Waals surface area contributed by atoms with Gasteiger partial charge in [0.2, 0.25) is 0 Å². The maximum absolute atomic E-state index is 13.5. The minimum atomic E-state index is -0.441. The molecule has 0 saturated heterocycles. The molecule has 4 rings (SSSR count). The molecule has 11 nitrogen and oxygen atoms in total. The molecule has 0 bridgehead atoms. The van der Waals surface area contributed by atoms with Crippen molar-refractivity contribution in [3.05, 3.63) is 53.6 Å². The number of aryl methyl sites for hydroxylation is 1. The van der Waals surface area contributed by atoms with Gasteiger partial charge in [-0.05, 0) is 78.2 Å². The van der Waals surface area contributed by atoms with E-state index in [2.05, 4.69) is 20.6 Å². The molecule has 2 aliphatic carbocycles. The van der Waals surface area contributed by atoms with E-state index < -0.39 is 11.8 Å². The fourth-order valence-corrected chi connectivity index (χ4v) is 5.25. The number of halogens is 2. The molecule has 0 aromatic carbocycles. The molecule has 0 radical (unpaired) electrons. The van der Waals surface area contributed by atoms with Crippen LogP contribution in [-0.4, -0.2) is 71.0 Å². The normalized spacial score (nSPS) is 20.6. The molecule has 2 aromatic heterocycles. The van der Waals surface area contributed by atoms with Crippen molar-refractivity contribution in [2.75, 3.05) is 30.5 Å². The molecule has 0 unspecified atom stereocenters.